The van der Waals surface area contributed by atoms with Crippen LogP contribution in [0.5, 0.6) is 5.75 Å². The number of ketones is 1. The maximum absolute atomic E-state index is 11.6. The van der Waals surface area contributed by atoms with Crippen molar-refractivity contribution in [2.45, 2.75) is 11.2 Å². The molecule has 0 N–H and O–H groups in total. The smallest absolute Gasteiger partial charge is 0.167 e. The number of hydrogen-bond acceptors (Lipinski definition) is 2. The van der Waals surface area contributed by atoms with Crippen molar-refractivity contribution in [2.75, 3.05) is 6.61 Å². The summed E-state index contributed by atoms with van der Waals surface area (Å²) in [6.45, 7) is 0.558. The van der Waals surface area contributed by atoms with E-state index in [1.807, 2.05) is 24.3 Å². The fraction of sp³-hybridized carbons (Fsp3) is 0.300. The van der Waals surface area contributed by atoms with Gasteiger partial charge in [0.2, 0.25) is 0 Å². The molecule has 0 aliphatic carbocycles. The number of fused-ring (bicyclic) bond motifs is 1. The number of alkyl halides is 1. The van der Waals surface area contributed by atoms with Gasteiger partial charge in [0.25, 0.3) is 0 Å². The number of carbonyl (C=O) groups excluding carboxylic acids is 1. The van der Waals surface area contributed by atoms with Crippen molar-refractivity contribution in [1.29, 1.82) is 0 Å². The summed E-state index contributed by atoms with van der Waals surface area (Å²) >= 11 is 3.39. The molecule has 0 fully saturated rings. The molecule has 1 unspecified atom stereocenters. The van der Waals surface area contributed by atoms with Crippen molar-refractivity contribution in [2.24, 2.45) is 0 Å². The molecule has 0 saturated carbocycles. The van der Waals surface area contributed by atoms with Crippen molar-refractivity contribution in [3.05, 3.63) is 29.8 Å². The summed E-state index contributed by atoms with van der Waals surface area (Å²) in [7, 11) is 0. The van der Waals surface area contributed by atoms with E-state index in [-0.39, 0.29) is 10.6 Å². The summed E-state index contributed by atoms with van der Waals surface area (Å²) in [6.07, 6.45) is 0.511. The molecule has 0 amide bonds. The van der Waals surface area contributed by atoms with Crippen LogP contribution in [0, 0.1) is 0 Å². The van der Waals surface area contributed by atoms with Gasteiger partial charge in [-0.2, -0.15) is 0 Å². The molecule has 2 nitrogen and oxygen atoms in total. The van der Waals surface area contributed by atoms with Crippen molar-refractivity contribution in [1.82, 2.24) is 0 Å². The van der Waals surface area contributed by atoms with E-state index in [9.17, 15) is 4.79 Å². The number of halogens is 1. The first kappa shape index (κ1) is 8.75. The Bertz CT molecular complexity index is 335. The molecular weight excluding hydrogens is 232 g/mol. The fourth-order valence-electron chi connectivity index (χ4n) is 1.37. The predicted molar refractivity (Wildman–Crippen MR) is 53.6 cm³/mol. The van der Waals surface area contributed by atoms with E-state index in [0.717, 1.165) is 0 Å². The van der Waals surface area contributed by atoms with Crippen LogP contribution in [0.25, 0.3) is 0 Å². The van der Waals surface area contributed by atoms with Gasteiger partial charge in [-0.25, -0.2) is 0 Å². The molecule has 1 heterocycles. The highest BCUT2D eigenvalue weighted by atomic mass is 79.9. The Morgan fingerprint density at radius 3 is 3.00 bits per heavy atom. The number of Topliss-reactive ketones (excluding diaryl/α,β-unsaturated/α-hetero) is 1. The average Bonchev–Trinajstić information content (AvgIpc) is 2.27. The summed E-state index contributed by atoms with van der Waals surface area (Å²) in [5, 5.41) is 0. The SMILES string of the molecule is O=C1CC(Br)COc2ccccc21. The summed E-state index contributed by atoms with van der Waals surface area (Å²) in [5.41, 5.74) is 0.699. The van der Waals surface area contributed by atoms with Gasteiger partial charge in [-0.1, -0.05) is 28.1 Å². The van der Waals surface area contributed by atoms with Crippen LogP contribution in [0.2, 0.25) is 0 Å². The van der Waals surface area contributed by atoms with E-state index in [1.54, 1.807) is 0 Å². The van der Waals surface area contributed by atoms with Gasteiger partial charge in [-0.05, 0) is 12.1 Å². The second kappa shape index (κ2) is 3.50. The van der Waals surface area contributed by atoms with Gasteiger partial charge < -0.3 is 4.74 Å². The Balaban J connectivity index is 2.40. The number of carbonyl (C=O) groups is 1. The quantitative estimate of drug-likeness (QED) is 0.652. The first-order valence-electron chi connectivity index (χ1n) is 4.16. The van der Waals surface area contributed by atoms with Crippen LogP contribution in [-0.4, -0.2) is 17.2 Å². The first-order chi connectivity index (χ1) is 6.27. The average molecular weight is 241 g/mol. The Labute approximate surface area is 85.0 Å². The normalized spacial score (nSPS) is 21.6. The minimum Gasteiger partial charge on any atom is -0.492 e. The summed E-state index contributed by atoms with van der Waals surface area (Å²) < 4.78 is 5.46. The van der Waals surface area contributed by atoms with Gasteiger partial charge in [0.05, 0.1) is 10.4 Å². The first-order valence-corrected chi connectivity index (χ1v) is 5.08. The summed E-state index contributed by atoms with van der Waals surface area (Å²) in [4.78, 5) is 11.7. The van der Waals surface area contributed by atoms with E-state index in [2.05, 4.69) is 15.9 Å². The van der Waals surface area contributed by atoms with Gasteiger partial charge in [0, 0.05) is 6.42 Å². The lowest BCUT2D eigenvalue weighted by molar-refractivity contribution is 0.0985. The molecule has 0 bridgehead atoms. The van der Waals surface area contributed by atoms with Gasteiger partial charge in [0.15, 0.2) is 5.78 Å². The predicted octanol–water partition coefficient (Wildman–Crippen LogP) is 2.42. The number of benzene rings is 1. The van der Waals surface area contributed by atoms with E-state index >= 15 is 0 Å². The van der Waals surface area contributed by atoms with Crippen LogP contribution in [0.15, 0.2) is 24.3 Å². The van der Waals surface area contributed by atoms with E-state index in [1.165, 1.54) is 0 Å². The summed E-state index contributed by atoms with van der Waals surface area (Å²) in [5.74, 6) is 0.851. The van der Waals surface area contributed by atoms with Crippen molar-refractivity contribution in [3.63, 3.8) is 0 Å². The molecule has 1 aliphatic heterocycles. The molecule has 1 aromatic carbocycles. The lowest BCUT2D eigenvalue weighted by Crippen LogP contribution is -2.10. The van der Waals surface area contributed by atoms with E-state index in [4.69, 9.17) is 4.74 Å². The Morgan fingerprint density at radius 1 is 1.38 bits per heavy atom. The third-order valence-electron chi connectivity index (χ3n) is 2.01. The number of para-hydroxylation sites is 1. The molecule has 1 atom stereocenters. The molecule has 2 rings (SSSR count). The van der Waals surface area contributed by atoms with Crippen molar-refractivity contribution >= 4 is 21.7 Å². The van der Waals surface area contributed by atoms with Crippen molar-refractivity contribution < 1.29 is 9.53 Å². The lowest BCUT2D eigenvalue weighted by atomic mass is 10.1. The maximum atomic E-state index is 11.6. The van der Waals surface area contributed by atoms with Gasteiger partial charge in [-0.3, -0.25) is 4.79 Å². The molecule has 0 spiro atoms. The maximum Gasteiger partial charge on any atom is 0.167 e. The van der Waals surface area contributed by atoms with E-state index in [0.29, 0.717) is 24.3 Å². The second-order valence-electron chi connectivity index (χ2n) is 3.03. The molecule has 1 aliphatic rings. The molecule has 0 radical (unpaired) electrons. The lowest BCUT2D eigenvalue weighted by Gasteiger charge is -2.05. The molecule has 0 saturated heterocycles. The zero-order valence-electron chi connectivity index (χ0n) is 7.00. The molecule has 0 aromatic heterocycles. The third kappa shape index (κ3) is 1.75. The highest BCUT2D eigenvalue weighted by Gasteiger charge is 2.20. The van der Waals surface area contributed by atoms with Crippen LogP contribution in [0.4, 0.5) is 0 Å². The minimum absolute atomic E-state index is 0.132. The van der Waals surface area contributed by atoms with Crippen molar-refractivity contribution in [3.8, 4) is 5.75 Å². The van der Waals surface area contributed by atoms with Crippen LogP contribution in [-0.2, 0) is 0 Å². The van der Waals surface area contributed by atoms with Crippen LogP contribution >= 0.6 is 15.9 Å². The number of ether oxygens (including phenoxy) is 1. The molecular formula is C10H9BrO2. The summed E-state index contributed by atoms with van der Waals surface area (Å²) in [6, 6.07) is 7.37. The minimum atomic E-state index is 0.132. The highest BCUT2D eigenvalue weighted by molar-refractivity contribution is 9.09. The molecule has 1 aromatic rings. The molecule has 3 heteroatoms. The Morgan fingerprint density at radius 2 is 2.15 bits per heavy atom. The third-order valence-corrected chi connectivity index (χ3v) is 2.60. The van der Waals surface area contributed by atoms with Crippen LogP contribution in [0.1, 0.15) is 16.8 Å². The zero-order valence-corrected chi connectivity index (χ0v) is 8.58. The monoisotopic (exact) mass is 240 g/mol. The topological polar surface area (TPSA) is 26.3 Å². The largest absolute Gasteiger partial charge is 0.492 e. The molecule has 13 heavy (non-hydrogen) atoms. The van der Waals surface area contributed by atoms with Gasteiger partial charge >= 0.3 is 0 Å². The Kier molecular flexibility index (Phi) is 2.36. The zero-order chi connectivity index (χ0) is 9.26. The fourth-order valence-corrected chi connectivity index (χ4v) is 1.80. The van der Waals surface area contributed by atoms with Crippen LogP contribution < -0.4 is 4.74 Å². The van der Waals surface area contributed by atoms with Gasteiger partial charge in [-0.15, -0.1) is 0 Å². The molecule has 68 valence electrons. The van der Waals surface area contributed by atoms with Gasteiger partial charge in [0.1, 0.15) is 12.4 Å². The Hall–Kier alpha value is -0.830. The standard InChI is InChI=1S/C10H9BrO2/c11-7-5-9(12)8-3-1-2-4-10(8)13-6-7/h1-4,7H,5-6H2. The number of rotatable bonds is 0. The van der Waals surface area contributed by atoms with E-state index < -0.39 is 0 Å². The number of hydrogen-bond donors (Lipinski definition) is 0. The van der Waals surface area contributed by atoms with Crippen LogP contribution in [0.3, 0.4) is 0 Å². The second-order valence-corrected chi connectivity index (χ2v) is 4.33. The highest BCUT2D eigenvalue weighted by Crippen LogP contribution is 2.25.